The van der Waals surface area contributed by atoms with Crippen LogP contribution in [0, 0.1) is 26.7 Å². The zero-order valence-electron chi connectivity index (χ0n) is 25.4. The maximum absolute atomic E-state index is 13.1. The maximum Gasteiger partial charge on any atom is 0.416 e. The van der Waals surface area contributed by atoms with Crippen LogP contribution in [-0.4, -0.2) is 35.6 Å². The van der Waals surface area contributed by atoms with Gasteiger partial charge in [-0.05, 0) is 98.7 Å². The number of hydrogen-bond donors (Lipinski definition) is 0. The highest BCUT2D eigenvalue weighted by molar-refractivity contribution is 5.73. The van der Waals surface area contributed by atoms with E-state index in [0.717, 1.165) is 45.1 Å². The van der Waals surface area contributed by atoms with E-state index in [1.54, 1.807) is 13.1 Å². The van der Waals surface area contributed by atoms with E-state index in [2.05, 4.69) is 9.88 Å². The lowest BCUT2D eigenvalue weighted by Gasteiger charge is -2.31. The molecule has 0 atom stereocenters. The van der Waals surface area contributed by atoms with E-state index in [-0.39, 0.29) is 11.9 Å². The summed E-state index contributed by atoms with van der Waals surface area (Å²) >= 11 is 0. The molecule has 5 rings (SSSR count). The summed E-state index contributed by atoms with van der Waals surface area (Å²) in [5.41, 5.74) is 6.14. The third-order valence-corrected chi connectivity index (χ3v) is 8.04. The minimum absolute atomic E-state index is 0.0948. The van der Waals surface area contributed by atoms with Gasteiger partial charge < -0.3 is 14.4 Å². The fraction of sp³-hybridized carbons (Fsp3) is 0.343. The number of carbonyl (C=O) groups excluding carboxylic acids is 1. The van der Waals surface area contributed by atoms with Gasteiger partial charge in [-0.1, -0.05) is 35.9 Å². The first-order chi connectivity index (χ1) is 21.0. The smallest absolute Gasteiger partial charge is 0.416 e. The largest absolute Gasteiger partial charge is 0.488 e. The Morgan fingerprint density at radius 3 is 2.39 bits per heavy atom. The highest BCUT2D eigenvalue weighted by atomic mass is 19.4. The molecule has 0 radical (unpaired) electrons. The van der Waals surface area contributed by atoms with Crippen molar-refractivity contribution in [2.24, 2.45) is 5.92 Å². The lowest BCUT2D eigenvalue weighted by Crippen LogP contribution is -2.37. The molecule has 0 saturated carbocycles. The topological polar surface area (TPSA) is 64.5 Å². The molecule has 44 heavy (non-hydrogen) atoms. The Kier molecular flexibility index (Phi) is 9.22. The van der Waals surface area contributed by atoms with Crippen LogP contribution < -0.4 is 9.64 Å². The summed E-state index contributed by atoms with van der Waals surface area (Å²) in [6.45, 7) is 9.55. The predicted octanol–water partition coefficient (Wildman–Crippen LogP) is 8.11. The highest BCUT2D eigenvalue weighted by Gasteiger charge is 2.31. The van der Waals surface area contributed by atoms with E-state index in [4.69, 9.17) is 14.5 Å². The van der Waals surface area contributed by atoms with Crippen LogP contribution in [-0.2, 0) is 22.3 Å². The zero-order chi connectivity index (χ0) is 31.4. The molecule has 0 amide bonds. The first-order valence-corrected chi connectivity index (χ1v) is 14.8. The number of hydrogen-bond acceptors (Lipinski definition) is 6. The summed E-state index contributed by atoms with van der Waals surface area (Å²) in [6, 6.07) is 17.5. The van der Waals surface area contributed by atoms with Crippen molar-refractivity contribution in [1.82, 2.24) is 9.97 Å². The van der Waals surface area contributed by atoms with Crippen molar-refractivity contribution in [2.75, 3.05) is 24.6 Å². The van der Waals surface area contributed by atoms with Gasteiger partial charge in [0.05, 0.1) is 23.8 Å². The number of benzene rings is 3. The minimum atomic E-state index is -4.37. The molecule has 0 bridgehead atoms. The van der Waals surface area contributed by atoms with Crippen LogP contribution in [0.5, 0.6) is 5.75 Å². The van der Waals surface area contributed by atoms with E-state index < -0.39 is 11.7 Å². The van der Waals surface area contributed by atoms with Gasteiger partial charge in [-0.3, -0.25) is 4.79 Å². The number of carbonyl (C=O) groups is 1. The molecule has 1 fully saturated rings. The van der Waals surface area contributed by atoms with Gasteiger partial charge in [-0.2, -0.15) is 13.2 Å². The number of esters is 1. The third kappa shape index (κ3) is 7.04. The molecule has 0 unspecified atom stereocenters. The predicted molar refractivity (Wildman–Crippen MR) is 164 cm³/mol. The summed E-state index contributed by atoms with van der Waals surface area (Å²) in [5.74, 6) is 1.07. The summed E-state index contributed by atoms with van der Waals surface area (Å²) in [7, 11) is 0. The van der Waals surface area contributed by atoms with Crippen LogP contribution >= 0.6 is 0 Å². The summed E-state index contributed by atoms with van der Waals surface area (Å²) in [5, 5.41) is 0. The zero-order valence-corrected chi connectivity index (χ0v) is 25.4. The number of nitrogens with zero attached hydrogens (tertiary/aromatic N) is 3. The van der Waals surface area contributed by atoms with Crippen LogP contribution in [0.3, 0.4) is 0 Å². The van der Waals surface area contributed by atoms with E-state index in [0.29, 0.717) is 56.4 Å². The number of aromatic nitrogens is 2. The molecule has 1 aromatic heterocycles. The Labute approximate surface area is 255 Å². The minimum Gasteiger partial charge on any atom is -0.488 e. The average Bonchev–Trinajstić information content (AvgIpc) is 3.00. The highest BCUT2D eigenvalue weighted by Crippen LogP contribution is 2.35. The molecule has 6 nitrogen and oxygen atoms in total. The normalized spacial score (nSPS) is 14.0. The number of ether oxygens (including phenoxy) is 2. The molecular formula is C35H36F3N3O3. The second-order valence-electron chi connectivity index (χ2n) is 11.2. The van der Waals surface area contributed by atoms with E-state index in [1.807, 2.05) is 63.2 Å². The van der Waals surface area contributed by atoms with Crippen molar-refractivity contribution in [3.8, 4) is 28.1 Å². The quantitative estimate of drug-likeness (QED) is 0.190. The lowest BCUT2D eigenvalue weighted by molar-refractivity contribution is -0.148. The average molecular weight is 604 g/mol. The third-order valence-electron chi connectivity index (χ3n) is 8.04. The number of piperidine rings is 1. The molecule has 0 N–H and O–H groups in total. The molecule has 1 saturated heterocycles. The first kappa shape index (κ1) is 31.0. The van der Waals surface area contributed by atoms with Crippen molar-refractivity contribution >= 4 is 11.9 Å². The SMILES string of the molecule is CCOC(=O)C1CCN(c2nccc(-c3cc(C)ccc3OCc3ccc(-c4ccc(C(F)(F)F)cc4C)cc3C)n2)CC1. The Balaban J connectivity index is 1.31. The molecule has 1 aliphatic heterocycles. The Hall–Kier alpha value is -4.40. The van der Waals surface area contributed by atoms with E-state index >= 15 is 0 Å². The summed E-state index contributed by atoms with van der Waals surface area (Å²) in [4.78, 5) is 23.6. The molecule has 3 aromatic carbocycles. The Morgan fingerprint density at radius 1 is 0.932 bits per heavy atom. The van der Waals surface area contributed by atoms with Crippen LogP contribution in [0.15, 0.2) is 66.9 Å². The number of alkyl halides is 3. The number of anilines is 1. The van der Waals surface area contributed by atoms with Crippen LogP contribution in [0.4, 0.5) is 19.1 Å². The van der Waals surface area contributed by atoms with Crippen LogP contribution in [0.25, 0.3) is 22.4 Å². The molecule has 0 aliphatic carbocycles. The number of aryl methyl sites for hydroxylation is 3. The molecule has 1 aliphatic rings. The van der Waals surface area contributed by atoms with Crippen LogP contribution in [0.2, 0.25) is 0 Å². The Bertz CT molecular complexity index is 1650. The van der Waals surface area contributed by atoms with Gasteiger partial charge >= 0.3 is 12.1 Å². The van der Waals surface area contributed by atoms with Crippen molar-refractivity contribution < 1.29 is 27.4 Å². The van der Waals surface area contributed by atoms with Crippen molar-refractivity contribution in [3.63, 3.8) is 0 Å². The summed E-state index contributed by atoms with van der Waals surface area (Å²) < 4.78 is 50.9. The fourth-order valence-corrected chi connectivity index (χ4v) is 5.54. The Morgan fingerprint density at radius 2 is 1.70 bits per heavy atom. The first-order valence-electron chi connectivity index (χ1n) is 14.8. The molecular weight excluding hydrogens is 567 g/mol. The van der Waals surface area contributed by atoms with Gasteiger partial charge in [0.2, 0.25) is 5.95 Å². The van der Waals surface area contributed by atoms with Gasteiger partial charge in [-0.25, -0.2) is 9.97 Å². The van der Waals surface area contributed by atoms with Crippen molar-refractivity contribution in [3.05, 3.63) is 94.7 Å². The fourth-order valence-electron chi connectivity index (χ4n) is 5.54. The second-order valence-corrected chi connectivity index (χ2v) is 11.2. The monoisotopic (exact) mass is 603 g/mol. The van der Waals surface area contributed by atoms with E-state index in [1.165, 1.54) is 12.1 Å². The lowest BCUT2D eigenvalue weighted by atomic mass is 9.95. The molecule has 4 aromatic rings. The maximum atomic E-state index is 13.1. The molecule has 2 heterocycles. The second kappa shape index (κ2) is 13.1. The van der Waals surface area contributed by atoms with E-state index in [9.17, 15) is 18.0 Å². The molecule has 9 heteroatoms. The van der Waals surface area contributed by atoms with Crippen molar-refractivity contribution in [2.45, 2.75) is 53.3 Å². The number of halogens is 3. The van der Waals surface area contributed by atoms with Gasteiger partial charge in [0.25, 0.3) is 0 Å². The van der Waals surface area contributed by atoms with Crippen LogP contribution in [0.1, 0.15) is 47.6 Å². The van der Waals surface area contributed by atoms with Crippen molar-refractivity contribution in [1.29, 1.82) is 0 Å². The number of rotatable bonds is 8. The van der Waals surface area contributed by atoms with Gasteiger partial charge in [-0.15, -0.1) is 0 Å². The van der Waals surface area contributed by atoms with Gasteiger partial charge in [0, 0.05) is 24.8 Å². The standard InChI is InChI=1S/C35H36F3N3O3/c1-5-43-33(42)25-13-16-41(17-14-25)34-39-15-12-31(40-34)30-18-22(2)6-11-32(30)44-21-27-8-7-26(19-23(27)3)29-10-9-28(20-24(29)4)35(36,37)38/h6-12,15,18-20,25H,5,13-14,16-17,21H2,1-4H3. The molecule has 0 spiro atoms. The van der Waals surface area contributed by atoms with Gasteiger partial charge in [0.15, 0.2) is 0 Å². The summed E-state index contributed by atoms with van der Waals surface area (Å²) in [6.07, 6.45) is -1.23. The molecule has 230 valence electrons. The van der Waals surface area contributed by atoms with Gasteiger partial charge in [0.1, 0.15) is 12.4 Å².